The Balaban J connectivity index is 1.63. The first-order valence-corrected chi connectivity index (χ1v) is 8.90. The van der Waals surface area contributed by atoms with E-state index in [0.717, 1.165) is 11.3 Å². The number of amides is 2. The molecule has 1 aromatic carbocycles. The number of nitrogens with zero attached hydrogens (tertiary/aromatic N) is 1. The molecule has 1 N–H and O–H groups in total. The minimum Gasteiger partial charge on any atom is -0.371 e. The van der Waals surface area contributed by atoms with Gasteiger partial charge in [-0.2, -0.15) is 0 Å². The van der Waals surface area contributed by atoms with Gasteiger partial charge in [0.1, 0.15) is 0 Å². The molecule has 2 fully saturated rings. The number of carbonyl (C=O) groups excluding carboxylic acids is 2. The summed E-state index contributed by atoms with van der Waals surface area (Å²) >= 11 is 0. The van der Waals surface area contributed by atoms with Crippen molar-refractivity contribution >= 4 is 17.5 Å². The van der Waals surface area contributed by atoms with Gasteiger partial charge in [-0.25, -0.2) is 4.39 Å². The highest BCUT2D eigenvalue weighted by Gasteiger charge is 2.43. The summed E-state index contributed by atoms with van der Waals surface area (Å²) in [6.45, 7) is 1.13. The maximum atomic E-state index is 15.0. The molecule has 7 heteroatoms. The lowest BCUT2D eigenvalue weighted by atomic mass is 9.90. The van der Waals surface area contributed by atoms with Crippen molar-refractivity contribution in [1.29, 1.82) is 0 Å². The summed E-state index contributed by atoms with van der Waals surface area (Å²) in [6.07, 6.45) is 0.707. The molecule has 0 spiro atoms. The van der Waals surface area contributed by atoms with Crippen LogP contribution in [0.1, 0.15) is 37.2 Å². The highest BCUT2D eigenvalue weighted by atomic mass is 19.1. The highest BCUT2D eigenvalue weighted by molar-refractivity contribution is 6.00. The number of alkyl halides is 1. The Labute approximate surface area is 152 Å². The number of rotatable bonds is 5. The molecule has 2 amide bonds. The summed E-state index contributed by atoms with van der Waals surface area (Å²) in [4.78, 5) is 25.4. The van der Waals surface area contributed by atoms with Crippen LogP contribution in [-0.4, -0.2) is 51.1 Å². The largest absolute Gasteiger partial charge is 0.371 e. The molecule has 142 valence electrons. The van der Waals surface area contributed by atoms with Crippen LogP contribution in [-0.2, 0) is 19.1 Å². The lowest BCUT2D eigenvalue weighted by molar-refractivity contribution is -0.191. The van der Waals surface area contributed by atoms with Crippen LogP contribution in [0.5, 0.6) is 0 Å². The van der Waals surface area contributed by atoms with E-state index in [1.54, 1.807) is 0 Å². The third-order valence-electron chi connectivity index (χ3n) is 5.35. The number of hydrogen-bond acceptors (Lipinski definition) is 5. The van der Waals surface area contributed by atoms with Gasteiger partial charge in [0.2, 0.25) is 11.8 Å². The number of carbonyl (C=O) groups is 2. The van der Waals surface area contributed by atoms with Crippen LogP contribution in [0, 0.1) is 0 Å². The first kappa shape index (κ1) is 18.8. The van der Waals surface area contributed by atoms with E-state index in [4.69, 9.17) is 9.47 Å². The van der Waals surface area contributed by atoms with Crippen molar-refractivity contribution in [2.45, 2.75) is 43.6 Å². The maximum absolute atomic E-state index is 15.0. The van der Waals surface area contributed by atoms with Crippen LogP contribution in [0.25, 0.3) is 0 Å². The van der Waals surface area contributed by atoms with Gasteiger partial charge in [-0.15, -0.1) is 0 Å². The zero-order valence-corrected chi connectivity index (χ0v) is 15.2. The first-order chi connectivity index (χ1) is 12.5. The Bertz CT molecular complexity index is 652. The Hall–Kier alpha value is -1.99. The van der Waals surface area contributed by atoms with Crippen molar-refractivity contribution in [2.24, 2.45) is 0 Å². The molecule has 2 saturated heterocycles. The molecule has 1 unspecified atom stereocenters. The molecular formula is C19H25FN2O4. The quantitative estimate of drug-likeness (QED) is 0.640. The molecule has 2 aliphatic rings. The highest BCUT2D eigenvalue weighted by Crippen LogP contribution is 2.34. The van der Waals surface area contributed by atoms with Crippen molar-refractivity contribution in [3.63, 3.8) is 0 Å². The molecule has 0 radical (unpaired) electrons. The van der Waals surface area contributed by atoms with E-state index in [-0.39, 0.29) is 17.7 Å². The molecule has 0 aliphatic carbocycles. The van der Waals surface area contributed by atoms with Gasteiger partial charge in [-0.3, -0.25) is 14.9 Å². The van der Waals surface area contributed by atoms with Gasteiger partial charge >= 0.3 is 0 Å². The first-order valence-electron chi connectivity index (χ1n) is 8.90. The molecule has 2 heterocycles. The third-order valence-corrected chi connectivity index (χ3v) is 5.35. The second-order valence-corrected chi connectivity index (χ2v) is 6.92. The van der Waals surface area contributed by atoms with Crippen LogP contribution >= 0.6 is 0 Å². The van der Waals surface area contributed by atoms with E-state index in [9.17, 15) is 14.0 Å². The van der Waals surface area contributed by atoms with Crippen LogP contribution in [0.2, 0.25) is 0 Å². The fourth-order valence-electron chi connectivity index (χ4n) is 3.82. The predicted octanol–water partition coefficient (Wildman–Crippen LogP) is 2.13. The molecule has 0 saturated carbocycles. The average Bonchev–Trinajstić information content (AvgIpc) is 2.64. The summed E-state index contributed by atoms with van der Waals surface area (Å²) < 4.78 is 25.2. The zero-order chi connectivity index (χ0) is 18.7. The van der Waals surface area contributed by atoms with E-state index in [1.165, 1.54) is 14.2 Å². The molecule has 26 heavy (non-hydrogen) atoms. The number of anilines is 1. The Morgan fingerprint density at radius 2 is 1.77 bits per heavy atom. The van der Waals surface area contributed by atoms with Crippen molar-refractivity contribution in [3.8, 4) is 0 Å². The third kappa shape index (κ3) is 3.73. The van der Waals surface area contributed by atoms with E-state index in [1.807, 2.05) is 24.3 Å². The number of nitrogens with one attached hydrogen (secondary N) is 1. The fraction of sp³-hybridized carbons (Fsp3) is 0.579. The normalized spacial score (nSPS) is 23.2. The molecule has 2 aliphatic heterocycles. The van der Waals surface area contributed by atoms with Gasteiger partial charge in [0.25, 0.3) is 0 Å². The molecule has 6 nitrogen and oxygen atoms in total. The van der Waals surface area contributed by atoms with E-state index < -0.39 is 12.0 Å². The molecule has 0 aromatic heterocycles. The number of methoxy groups -OCH3 is 2. The van der Waals surface area contributed by atoms with Crippen LogP contribution in [0.3, 0.4) is 0 Å². The van der Waals surface area contributed by atoms with Gasteiger partial charge in [0, 0.05) is 52.3 Å². The second kappa shape index (κ2) is 7.72. The minimum absolute atomic E-state index is 0.212. The maximum Gasteiger partial charge on any atom is 0.234 e. The smallest absolute Gasteiger partial charge is 0.234 e. The summed E-state index contributed by atoms with van der Waals surface area (Å²) in [5.74, 6) is -0.735. The molecule has 1 aromatic rings. The summed E-state index contributed by atoms with van der Waals surface area (Å²) in [5.41, 5.74) is 0.413. The Morgan fingerprint density at radius 3 is 2.31 bits per heavy atom. The molecular weight excluding hydrogens is 339 g/mol. The SMILES string of the molecule is COC(OC)C1(F)CCN(c2ccc(C3CCC(=O)NC3=O)cc2)CC1. The number of benzene rings is 1. The topological polar surface area (TPSA) is 67.9 Å². The number of hydrogen-bond donors (Lipinski definition) is 1. The van der Waals surface area contributed by atoms with Gasteiger partial charge in [-0.1, -0.05) is 12.1 Å². The number of piperidine rings is 2. The van der Waals surface area contributed by atoms with Crippen molar-refractivity contribution < 1.29 is 23.5 Å². The second-order valence-electron chi connectivity index (χ2n) is 6.92. The standard InChI is InChI=1S/C19H25FN2O4/c1-25-18(26-2)19(20)9-11-22(12-10-19)14-5-3-13(4-6-14)15-7-8-16(23)21-17(15)24/h3-6,15,18H,7-12H2,1-2H3,(H,21,23,24). The minimum atomic E-state index is -1.48. The van der Waals surface area contributed by atoms with Gasteiger partial charge < -0.3 is 14.4 Å². The van der Waals surface area contributed by atoms with Crippen molar-refractivity contribution in [2.75, 3.05) is 32.2 Å². The lowest BCUT2D eigenvalue weighted by Crippen LogP contribution is -2.50. The number of imide groups is 1. The van der Waals surface area contributed by atoms with Crippen LogP contribution in [0.15, 0.2) is 24.3 Å². The molecule has 0 bridgehead atoms. The zero-order valence-electron chi connectivity index (χ0n) is 15.2. The van der Waals surface area contributed by atoms with E-state index in [2.05, 4.69) is 10.2 Å². The van der Waals surface area contributed by atoms with Crippen LogP contribution in [0.4, 0.5) is 10.1 Å². The monoisotopic (exact) mass is 364 g/mol. The van der Waals surface area contributed by atoms with E-state index >= 15 is 0 Å². The van der Waals surface area contributed by atoms with E-state index in [0.29, 0.717) is 38.8 Å². The van der Waals surface area contributed by atoms with Gasteiger partial charge in [0.15, 0.2) is 12.0 Å². The predicted molar refractivity (Wildman–Crippen MR) is 94.7 cm³/mol. The average molecular weight is 364 g/mol. The van der Waals surface area contributed by atoms with Crippen molar-refractivity contribution in [3.05, 3.63) is 29.8 Å². The number of ether oxygens (including phenoxy) is 2. The molecule has 3 rings (SSSR count). The summed E-state index contributed by atoms with van der Waals surface area (Å²) in [7, 11) is 2.91. The van der Waals surface area contributed by atoms with Crippen LogP contribution < -0.4 is 10.2 Å². The fourth-order valence-corrected chi connectivity index (χ4v) is 3.82. The summed E-state index contributed by atoms with van der Waals surface area (Å²) in [5, 5.41) is 2.38. The van der Waals surface area contributed by atoms with Gasteiger partial charge in [0.05, 0.1) is 5.92 Å². The Morgan fingerprint density at radius 1 is 1.15 bits per heavy atom. The van der Waals surface area contributed by atoms with Gasteiger partial charge in [-0.05, 0) is 24.1 Å². The molecule has 1 atom stereocenters. The summed E-state index contributed by atoms with van der Waals surface area (Å²) in [6, 6.07) is 7.74. The van der Waals surface area contributed by atoms with Crippen molar-refractivity contribution in [1.82, 2.24) is 5.32 Å². The number of halogens is 1. The lowest BCUT2D eigenvalue weighted by Gasteiger charge is -2.40. The Kier molecular flexibility index (Phi) is 5.58.